The van der Waals surface area contributed by atoms with Crippen LogP contribution >= 0.6 is 0 Å². The first-order valence-electron chi connectivity index (χ1n) is 5.67. The molecule has 1 aromatic rings. The van der Waals surface area contributed by atoms with Crippen molar-refractivity contribution in [1.29, 1.82) is 0 Å². The molecule has 0 aliphatic heterocycles. The van der Waals surface area contributed by atoms with Crippen LogP contribution in [0, 0.1) is 10.1 Å². The van der Waals surface area contributed by atoms with Gasteiger partial charge in [0.15, 0.2) is 0 Å². The molecule has 0 fully saturated rings. The molecule has 0 spiro atoms. The molecule has 7 nitrogen and oxygen atoms in total. The Morgan fingerprint density at radius 1 is 1.37 bits per heavy atom. The molecule has 3 N–H and O–H groups in total. The maximum atomic E-state index is 11.9. The van der Waals surface area contributed by atoms with Crippen LogP contribution in [0.5, 0.6) is 0 Å². The molecule has 0 saturated carbocycles. The van der Waals surface area contributed by atoms with Gasteiger partial charge in [0.25, 0.3) is 11.6 Å². The van der Waals surface area contributed by atoms with Crippen molar-refractivity contribution in [1.82, 2.24) is 5.32 Å². The largest absolute Gasteiger partial charge is 0.368 e. The molecule has 7 heteroatoms. The Hall–Kier alpha value is -2.44. The number of benzene rings is 1. The Labute approximate surface area is 109 Å². The van der Waals surface area contributed by atoms with Gasteiger partial charge in [-0.2, -0.15) is 0 Å². The van der Waals surface area contributed by atoms with Crippen LogP contribution < -0.4 is 11.1 Å². The topological polar surface area (TPSA) is 115 Å². The number of rotatable bonds is 5. The lowest BCUT2D eigenvalue weighted by Gasteiger charge is -2.25. The Bertz CT molecular complexity index is 512. The summed E-state index contributed by atoms with van der Waals surface area (Å²) in [6.45, 7) is 3.25. The van der Waals surface area contributed by atoms with Crippen molar-refractivity contribution in [3.63, 3.8) is 0 Å². The van der Waals surface area contributed by atoms with Crippen LogP contribution in [0.2, 0.25) is 0 Å². The second-order valence-electron chi connectivity index (χ2n) is 4.31. The Balaban J connectivity index is 2.89. The van der Waals surface area contributed by atoms with E-state index in [9.17, 15) is 19.7 Å². The monoisotopic (exact) mass is 265 g/mol. The van der Waals surface area contributed by atoms with Gasteiger partial charge >= 0.3 is 0 Å². The van der Waals surface area contributed by atoms with Gasteiger partial charge in [-0.15, -0.1) is 0 Å². The molecule has 0 saturated heterocycles. The van der Waals surface area contributed by atoms with E-state index in [0.717, 1.165) is 0 Å². The predicted octanol–water partition coefficient (Wildman–Crippen LogP) is 0.979. The van der Waals surface area contributed by atoms with E-state index in [1.807, 2.05) is 0 Å². The van der Waals surface area contributed by atoms with Crippen LogP contribution in [0.1, 0.15) is 30.6 Å². The van der Waals surface area contributed by atoms with Gasteiger partial charge in [-0.25, -0.2) is 0 Å². The first-order valence-corrected chi connectivity index (χ1v) is 5.67. The highest BCUT2D eigenvalue weighted by molar-refractivity contribution is 5.98. The first-order chi connectivity index (χ1) is 8.80. The maximum Gasteiger partial charge on any atom is 0.269 e. The summed E-state index contributed by atoms with van der Waals surface area (Å²) in [5.41, 5.74) is 4.21. The SMILES string of the molecule is CC[C@](C)(NC(=O)c1ccc([N+](=O)[O-])cc1)C(N)=O. The number of nitro groups is 1. The fourth-order valence-electron chi connectivity index (χ4n) is 1.38. The van der Waals surface area contributed by atoms with Crippen LogP contribution in [0.25, 0.3) is 0 Å². The van der Waals surface area contributed by atoms with E-state index < -0.39 is 22.3 Å². The minimum atomic E-state index is -1.14. The standard InChI is InChI=1S/C12H15N3O4/c1-3-12(2,11(13)17)14-10(16)8-4-6-9(7-5-8)15(18)19/h4-7H,3H2,1-2H3,(H2,13,17)(H,14,16)/t12-/m0/s1. The van der Waals surface area contributed by atoms with Gasteiger partial charge in [-0.05, 0) is 25.5 Å². The van der Waals surface area contributed by atoms with Crippen LogP contribution in [0.15, 0.2) is 24.3 Å². The molecule has 0 aliphatic rings. The molecular weight excluding hydrogens is 250 g/mol. The number of non-ortho nitro benzene ring substituents is 1. The molecule has 2 amide bonds. The molecule has 0 unspecified atom stereocenters. The number of nitrogens with one attached hydrogen (secondary N) is 1. The van der Waals surface area contributed by atoms with E-state index in [1.165, 1.54) is 31.2 Å². The number of carbonyl (C=O) groups excluding carboxylic acids is 2. The van der Waals surface area contributed by atoms with E-state index in [-0.39, 0.29) is 11.3 Å². The smallest absolute Gasteiger partial charge is 0.269 e. The van der Waals surface area contributed by atoms with Gasteiger partial charge in [0.2, 0.25) is 5.91 Å². The molecule has 0 heterocycles. The van der Waals surface area contributed by atoms with E-state index in [4.69, 9.17) is 5.73 Å². The summed E-state index contributed by atoms with van der Waals surface area (Å²) in [4.78, 5) is 33.1. The van der Waals surface area contributed by atoms with E-state index >= 15 is 0 Å². The van der Waals surface area contributed by atoms with Crippen molar-refractivity contribution < 1.29 is 14.5 Å². The summed E-state index contributed by atoms with van der Waals surface area (Å²) in [5.74, 6) is -1.14. The van der Waals surface area contributed by atoms with Gasteiger partial charge < -0.3 is 11.1 Å². The van der Waals surface area contributed by atoms with Crippen LogP contribution in [0.3, 0.4) is 0 Å². The summed E-state index contributed by atoms with van der Waals surface area (Å²) in [6, 6.07) is 5.10. The van der Waals surface area contributed by atoms with E-state index in [0.29, 0.717) is 6.42 Å². The summed E-state index contributed by atoms with van der Waals surface area (Å²) >= 11 is 0. The van der Waals surface area contributed by atoms with Crippen molar-refractivity contribution in [2.75, 3.05) is 0 Å². The van der Waals surface area contributed by atoms with Gasteiger partial charge in [0.05, 0.1) is 4.92 Å². The van der Waals surface area contributed by atoms with Gasteiger partial charge in [0.1, 0.15) is 5.54 Å². The third-order valence-electron chi connectivity index (χ3n) is 2.98. The Kier molecular flexibility index (Phi) is 4.21. The highest BCUT2D eigenvalue weighted by Crippen LogP contribution is 2.14. The fourth-order valence-corrected chi connectivity index (χ4v) is 1.38. The summed E-state index contributed by atoms with van der Waals surface area (Å²) in [7, 11) is 0. The third-order valence-corrected chi connectivity index (χ3v) is 2.98. The lowest BCUT2D eigenvalue weighted by molar-refractivity contribution is -0.384. The molecule has 0 radical (unpaired) electrons. The fraction of sp³-hybridized carbons (Fsp3) is 0.333. The number of nitrogens with two attached hydrogens (primary N) is 1. The first kappa shape index (κ1) is 14.6. The predicted molar refractivity (Wildman–Crippen MR) is 68.5 cm³/mol. The average Bonchev–Trinajstić information content (AvgIpc) is 2.38. The molecule has 0 aromatic heterocycles. The molecule has 0 aliphatic carbocycles. The molecule has 1 aromatic carbocycles. The Morgan fingerprint density at radius 2 is 1.89 bits per heavy atom. The number of nitrogens with zero attached hydrogens (tertiary/aromatic N) is 1. The molecule has 19 heavy (non-hydrogen) atoms. The minimum Gasteiger partial charge on any atom is -0.368 e. The molecule has 102 valence electrons. The number of hydrogen-bond donors (Lipinski definition) is 2. The zero-order valence-electron chi connectivity index (χ0n) is 10.7. The van der Waals surface area contributed by atoms with Crippen molar-refractivity contribution >= 4 is 17.5 Å². The minimum absolute atomic E-state index is 0.107. The summed E-state index contributed by atoms with van der Waals surface area (Å²) in [6.07, 6.45) is 0.348. The Morgan fingerprint density at radius 3 is 2.26 bits per heavy atom. The zero-order chi connectivity index (χ0) is 14.6. The molecular formula is C12H15N3O4. The van der Waals surface area contributed by atoms with Crippen molar-refractivity contribution in [3.05, 3.63) is 39.9 Å². The van der Waals surface area contributed by atoms with Crippen molar-refractivity contribution in [3.8, 4) is 0 Å². The van der Waals surface area contributed by atoms with Crippen LogP contribution in [-0.4, -0.2) is 22.3 Å². The maximum absolute atomic E-state index is 11.9. The van der Waals surface area contributed by atoms with Gasteiger partial charge in [-0.3, -0.25) is 19.7 Å². The summed E-state index contributed by atoms with van der Waals surface area (Å²) in [5, 5.41) is 13.0. The second-order valence-corrected chi connectivity index (χ2v) is 4.31. The number of nitro benzene ring substituents is 1. The van der Waals surface area contributed by atoms with E-state index in [1.54, 1.807) is 6.92 Å². The number of carbonyl (C=O) groups is 2. The van der Waals surface area contributed by atoms with E-state index in [2.05, 4.69) is 5.32 Å². The van der Waals surface area contributed by atoms with Crippen molar-refractivity contribution in [2.24, 2.45) is 5.73 Å². The lowest BCUT2D eigenvalue weighted by Crippen LogP contribution is -2.54. The highest BCUT2D eigenvalue weighted by atomic mass is 16.6. The normalized spacial score (nSPS) is 13.4. The van der Waals surface area contributed by atoms with Gasteiger partial charge in [-0.1, -0.05) is 6.92 Å². The molecule has 1 rings (SSSR count). The molecule has 1 atom stereocenters. The van der Waals surface area contributed by atoms with Crippen LogP contribution in [0.4, 0.5) is 5.69 Å². The lowest BCUT2D eigenvalue weighted by atomic mass is 9.97. The molecule has 0 bridgehead atoms. The van der Waals surface area contributed by atoms with Gasteiger partial charge in [0, 0.05) is 17.7 Å². The zero-order valence-corrected chi connectivity index (χ0v) is 10.7. The number of primary amides is 1. The quantitative estimate of drug-likeness (QED) is 0.609. The number of hydrogen-bond acceptors (Lipinski definition) is 4. The third kappa shape index (κ3) is 3.27. The number of amides is 2. The van der Waals surface area contributed by atoms with Crippen molar-refractivity contribution in [2.45, 2.75) is 25.8 Å². The summed E-state index contributed by atoms with van der Waals surface area (Å²) < 4.78 is 0. The highest BCUT2D eigenvalue weighted by Gasteiger charge is 2.31. The second kappa shape index (κ2) is 5.47. The van der Waals surface area contributed by atoms with Crippen LogP contribution in [-0.2, 0) is 4.79 Å². The average molecular weight is 265 g/mol.